The quantitative estimate of drug-likeness (QED) is 0.181. The van der Waals surface area contributed by atoms with Crippen molar-refractivity contribution in [1.29, 1.82) is 0 Å². The van der Waals surface area contributed by atoms with Crippen LogP contribution in [0.1, 0.15) is 0 Å². The van der Waals surface area contributed by atoms with Crippen molar-refractivity contribution in [3.05, 3.63) is 188 Å². The van der Waals surface area contributed by atoms with Gasteiger partial charge in [0.25, 0.3) is 0 Å². The SMILES string of the molecule is c1ccc(-c2nc(-c3ccccc3)nc(-c3ccc(-n4c5ccccc5c5c6ccccc6c6c(c7ccccc7n6-c6ccccc6)c54)cc3)n2)cc1. The smallest absolute Gasteiger partial charge is 0.164 e. The second kappa shape index (κ2) is 12.1. The highest BCUT2D eigenvalue weighted by molar-refractivity contribution is 6.36. The lowest BCUT2D eigenvalue weighted by Crippen LogP contribution is -2.00. The molecule has 5 nitrogen and oxygen atoms in total. The van der Waals surface area contributed by atoms with E-state index in [4.69, 9.17) is 15.0 Å². The van der Waals surface area contributed by atoms with Crippen molar-refractivity contribution in [3.63, 3.8) is 0 Å². The summed E-state index contributed by atoms with van der Waals surface area (Å²) in [6.07, 6.45) is 0. The largest absolute Gasteiger partial charge is 0.309 e. The fourth-order valence-corrected chi connectivity index (χ4v) is 8.20. The van der Waals surface area contributed by atoms with Crippen LogP contribution in [0.2, 0.25) is 0 Å². The zero-order chi connectivity index (χ0) is 35.6. The third kappa shape index (κ3) is 4.62. The highest BCUT2D eigenvalue weighted by atomic mass is 15.0. The summed E-state index contributed by atoms with van der Waals surface area (Å²) in [5.41, 5.74) is 9.78. The molecule has 252 valence electrons. The zero-order valence-electron chi connectivity index (χ0n) is 29.1. The van der Waals surface area contributed by atoms with E-state index in [2.05, 4.69) is 137 Å². The molecular weight excluding hydrogens is 659 g/mol. The molecule has 0 aliphatic rings. The molecule has 0 bridgehead atoms. The molecule has 3 heterocycles. The van der Waals surface area contributed by atoms with E-state index in [-0.39, 0.29) is 0 Å². The summed E-state index contributed by atoms with van der Waals surface area (Å²) in [6.45, 7) is 0. The van der Waals surface area contributed by atoms with Crippen molar-refractivity contribution in [1.82, 2.24) is 24.1 Å². The van der Waals surface area contributed by atoms with Gasteiger partial charge in [0, 0.05) is 55.0 Å². The minimum absolute atomic E-state index is 0.635. The van der Waals surface area contributed by atoms with Crippen molar-refractivity contribution in [2.75, 3.05) is 0 Å². The lowest BCUT2D eigenvalue weighted by Gasteiger charge is -2.13. The Kier molecular flexibility index (Phi) is 6.79. The van der Waals surface area contributed by atoms with Gasteiger partial charge in [-0.1, -0.05) is 140 Å². The first kappa shape index (κ1) is 30.3. The molecule has 0 saturated carbocycles. The summed E-state index contributed by atoms with van der Waals surface area (Å²) in [5.74, 6) is 1.93. The average Bonchev–Trinajstić information content (AvgIpc) is 3.79. The van der Waals surface area contributed by atoms with Crippen LogP contribution in [0.15, 0.2) is 188 Å². The summed E-state index contributed by atoms with van der Waals surface area (Å²) in [4.78, 5) is 14.9. The molecule has 0 N–H and O–H groups in total. The molecule has 11 aromatic rings. The van der Waals surface area contributed by atoms with Crippen LogP contribution in [0, 0.1) is 0 Å². The highest BCUT2D eigenvalue weighted by Crippen LogP contribution is 2.46. The third-order valence-corrected chi connectivity index (χ3v) is 10.5. The summed E-state index contributed by atoms with van der Waals surface area (Å²) in [6, 6.07) is 66.1. The van der Waals surface area contributed by atoms with Crippen molar-refractivity contribution < 1.29 is 0 Å². The Balaban J connectivity index is 1.19. The van der Waals surface area contributed by atoms with E-state index in [1.807, 2.05) is 60.7 Å². The summed E-state index contributed by atoms with van der Waals surface area (Å²) in [7, 11) is 0. The molecule has 11 rings (SSSR count). The van der Waals surface area contributed by atoms with Gasteiger partial charge in [-0.2, -0.15) is 0 Å². The van der Waals surface area contributed by atoms with Gasteiger partial charge in [-0.05, 0) is 53.9 Å². The fraction of sp³-hybridized carbons (Fsp3) is 0. The van der Waals surface area contributed by atoms with Gasteiger partial charge < -0.3 is 9.13 Å². The fourth-order valence-electron chi connectivity index (χ4n) is 8.20. The normalized spacial score (nSPS) is 11.7. The number of hydrogen-bond acceptors (Lipinski definition) is 3. The molecule has 0 unspecified atom stereocenters. The maximum atomic E-state index is 5.00. The summed E-state index contributed by atoms with van der Waals surface area (Å²) >= 11 is 0. The predicted octanol–water partition coefficient (Wildman–Crippen LogP) is 12.2. The van der Waals surface area contributed by atoms with Gasteiger partial charge in [0.15, 0.2) is 17.5 Å². The van der Waals surface area contributed by atoms with Crippen molar-refractivity contribution in [2.24, 2.45) is 0 Å². The van der Waals surface area contributed by atoms with Gasteiger partial charge in [0.05, 0.1) is 22.1 Å². The Bertz CT molecular complexity index is 3120. The second-order valence-corrected chi connectivity index (χ2v) is 13.6. The lowest BCUT2D eigenvalue weighted by atomic mass is 9.99. The monoisotopic (exact) mass is 689 g/mol. The minimum atomic E-state index is 0.635. The number of nitrogens with zero attached hydrogens (tertiary/aromatic N) is 5. The molecule has 0 radical (unpaired) electrons. The molecule has 8 aromatic carbocycles. The van der Waals surface area contributed by atoms with Gasteiger partial charge in [-0.3, -0.25) is 0 Å². The number of aromatic nitrogens is 5. The number of hydrogen-bond donors (Lipinski definition) is 0. The maximum Gasteiger partial charge on any atom is 0.164 e. The molecule has 54 heavy (non-hydrogen) atoms. The molecule has 0 aliphatic carbocycles. The van der Waals surface area contributed by atoms with E-state index in [1.165, 1.54) is 48.9 Å². The Morgan fingerprint density at radius 3 is 1.22 bits per heavy atom. The zero-order valence-corrected chi connectivity index (χ0v) is 29.1. The van der Waals surface area contributed by atoms with Crippen molar-refractivity contribution >= 4 is 54.4 Å². The molecule has 0 atom stereocenters. The number of benzene rings is 8. The lowest BCUT2D eigenvalue weighted by molar-refractivity contribution is 1.07. The Labute approximate surface area is 311 Å². The first-order valence-electron chi connectivity index (χ1n) is 18.2. The van der Waals surface area contributed by atoms with Gasteiger partial charge in [-0.25, -0.2) is 15.0 Å². The maximum absolute atomic E-state index is 5.00. The van der Waals surface area contributed by atoms with Crippen molar-refractivity contribution in [2.45, 2.75) is 0 Å². The topological polar surface area (TPSA) is 48.5 Å². The summed E-state index contributed by atoms with van der Waals surface area (Å²) in [5, 5.41) is 7.41. The van der Waals surface area contributed by atoms with Crippen LogP contribution in [0.25, 0.3) is 99.9 Å². The second-order valence-electron chi connectivity index (χ2n) is 13.6. The van der Waals surface area contributed by atoms with E-state index in [0.717, 1.165) is 33.6 Å². The van der Waals surface area contributed by atoms with Crippen LogP contribution < -0.4 is 0 Å². The minimum Gasteiger partial charge on any atom is -0.309 e. The molecule has 3 aromatic heterocycles. The molecular formula is C49H31N5. The van der Waals surface area contributed by atoms with Gasteiger partial charge in [0.1, 0.15) is 0 Å². The summed E-state index contributed by atoms with van der Waals surface area (Å²) < 4.78 is 4.89. The van der Waals surface area contributed by atoms with Crippen LogP contribution >= 0.6 is 0 Å². The third-order valence-electron chi connectivity index (χ3n) is 10.5. The van der Waals surface area contributed by atoms with Gasteiger partial charge >= 0.3 is 0 Å². The molecule has 0 amide bonds. The van der Waals surface area contributed by atoms with E-state index >= 15 is 0 Å². The van der Waals surface area contributed by atoms with Crippen LogP contribution in [0.3, 0.4) is 0 Å². The Morgan fingerprint density at radius 2 is 0.667 bits per heavy atom. The number of fused-ring (bicyclic) bond motifs is 10. The van der Waals surface area contributed by atoms with Crippen molar-refractivity contribution in [3.8, 4) is 45.5 Å². The van der Waals surface area contributed by atoms with Gasteiger partial charge in [0.2, 0.25) is 0 Å². The number of para-hydroxylation sites is 3. The molecule has 0 saturated heterocycles. The van der Waals surface area contributed by atoms with Crippen LogP contribution in [0.4, 0.5) is 0 Å². The Morgan fingerprint density at radius 1 is 0.278 bits per heavy atom. The highest BCUT2D eigenvalue weighted by Gasteiger charge is 2.24. The first-order valence-corrected chi connectivity index (χ1v) is 18.2. The van der Waals surface area contributed by atoms with Gasteiger partial charge in [-0.15, -0.1) is 0 Å². The first-order chi connectivity index (χ1) is 26.8. The van der Waals surface area contributed by atoms with Crippen LogP contribution in [-0.4, -0.2) is 24.1 Å². The standard InChI is InChI=1S/C49H31N5/c1-4-16-32(17-5-1)47-50-48(33-18-6-2-7-19-33)52-49(51-47)34-28-30-36(31-29-34)54-41-26-14-12-24-39(41)43-37-22-10-11-23-38(37)45-44(46(43)54)40-25-13-15-27-42(40)53(45)35-20-8-3-9-21-35/h1-31H. The average molecular weight is 690 g/mol. The van der Waals surface area contributed by atoms with E-state index in [1.54, 1.807) is 0 Å². The molecule has 0 aliphatic heterocycles. The van der Waals surface area contributed by atoms with Crippen LogP contribution in [-0.2, 0) is 0 Å². The molecule has 0 fully saturated rings. The van der Waals surface area contributed by atoms with E-state index in [9.17, 15) is 0 Å². The van der Waals surface area contributed by atoms with E-state index < -0.39 is 0 Å². The Hall–Kier alpha value is -7.37. The van der Waals surface area contributed by atoms with Crippen LogP contribution in [0.5, 0.6) is 0 Å². The van der Waals surface area contributed by atoms with E-state index in [0.29, 0.717) is 17.5 Å². The molecule has 5 heteroatoms. The predicted molar refractivity (Wildman–Crippen MR) is 222 cm³/mol. The molecule has 0 spiro atoms. The number of rotatable bonds is 5.